The zero-order valence-corrected chi connectivity index (χ0v) is 14.8. The smallest absolute Gasteiger partial charge is 0.311 e. The molecule has 140 valence electrons. The average molecular weight is 370 g/mol. The van der Waals surface area contributed by atoms with Crippen molar-refractivity contribution in [1.82, 2.24) is 24.9 Å². The van der Waals surface area contributed by atoms with E-state index < -0.39 is 4.92 Å². The molecule has 0 bridgehead atoms. The van der Waals surface area contributed by atoms with Crippen LogP contribution < -0.4 is 10.1 Å². The van der Waals surface area contributed by atoms with Crippen molar-refractivity contribution in [3.63, 3.8) is 0 Å². The SMILES string of the molecule is Cc1c(CNC(=O)c2ccn(COc3ccccc3[N+](=O)[O-])n2)cnn1C. The number of para-hydroxylation sites is 2. The van der Waals surface area contributed by atoms with Crippen molar-refractivity contribution in [2.75, 3.05) is 0 Å². The summed E-state index contributed by atoms with van der Waals surface area (Å²) >= 11 is 0. The Morgan fingerprint density at radius 1 is 1.33 bits per heavy atom. The van der Waals surface area contributed by atoms with E-state index in [0.29, 0.717) is 6.54 Å². The minimum Gasteiger partial charge on any atom is -0.464 e. The van der Waals surface area contributed by atoms with Gasteiger partial charge in [-0.15, -0.1) is 0 Å². The molecular formula is C17H18N6O4. The van der Waals surface area contributed by atoms with Crippen LogP contribution in [0, 0.1) is 17.0 Å². The second-order valence-electron chi connectivity index (χ2n) is 5.80. The van der Waals surface area contributed by atoms with Crippen molar-refractivity contribution in [2.24, 2.45) is 7.05 Å². The fourth-order valence-corrected chi connectivity index (χ4v) is 2.40. The van der Waals surface area contributed by atoms with Gasteiger partial charge in [0.25, 0.3) is 5.91 Å². The lowest BCUT2D eigenvalue weighted by Gasteiger charge is -2.06. The number of carbonyl (C=O) groups excluding carboxylic acids is 1. The van der Waals surface area contributed by atoms with Gasteiger partial charge in [-0.05, 0) is 19.1 Å². The van der Waals surface area contributed by atoms with E-state index in [1.54, 1.807) is 35.3 Å². The first-order valence-corrected chi connectivity index (χ1v) is 8.11. The van der Waals surface area contributed by atoms with Gasteiger partial charge in [-0.1, -0.05) is 12.1 Å². The first-order chi connectivity index (χ1) is 13.0. The van der Waals surface area contributed by atoms with Gasteiger partial charge in [0.05, 0.1) is 11.1 Å². The van der Waals surface area contributed by atoms with Crippen LogP contribution in [0.4, 0.5) is 5.69 Å². The molecule has 2 aromatic heterocycles. The Labute approximate surface area is 154 Å². The maximum absolute atomic E-state index is 12.2. The van der Waals surface area contributed by atoms with Gasteiger partial charge in [-0.25, -0.2) is 4.68 Å². The number of amides is 1. The van der Waals surface area contributed by atoms with E-state index in [9.17, 15) is 14.9 Å². The van der Waals surface area contributed by atoms with Crippen LogP contribution in [0.1, 0.15) is 21.7 Å². The average Bonchev–Trinajstić information content (AvgIpc) is 3.26. The summed E-state index contributed by atoms with van der Waals surface area (Å²) in [7, 11) is 1.83. The number of aromatic nitrogens is 4. The number of nitrogens with zero attached hydrogens (tertiary/aromatic N) is 5. The number of rotatable bonds is 7. The van der Waals surface area contributed by atoms with Crippen LogP contribution in [0.3, 0.4) is 0 Å². The first kappa shape index (κ1) is 18.1. The molecule has 0 spiro atoms. The molecule has 2 heterocycles. The summed E-state index contributed by atoms with van der Waals surface area (Å²) in [5, 5.41) is 22.0. The van der Waals surface area contributed by atoms with Gasteiger partial charge < -0.3 is 10.1 Å². The Balaban J connectivity index is 1.59. The summed E-state index contributed by atoms with van der Waals surface area (Å²) in [5.74, 6) is -0.196. The zero-order valence-electron chi connectivity index (χ0n) is 14.8. The summed E-state index contributed by atoms with van der Waals surface area (Å²) in [4.78, 5) is 22.7. The number of ether oxygens (including phenoxy) is 1. The Hall–Kier alpha value is -3.69. The van der Waals surface area contributed by atoms with Crippen LogP contribution in [0.25, 0.3) is 0 Å². The minimum absolute atomic E-state index is 0.0557. The summed E-state index contributed by atoms with van der Waals surface area (Å²) in [6, 6.07) is 7.62. The quantitative estimate of drug-likeness (QED) is 0.501. The number of nitrogens with one attached hydrogen (secondary N) is 1. The fourth-order valence-electron chi connectivity index (χ4n) is 2.40. The number of nitro groups is 1. The molecule has 1 aromatic carbocycles. The molecule has 0 radical (unpaired) electrons. The second-order valence-corrected chi connectivity index (χ2v) is 5.80. The van der Waals surface area contributed by atoms with Crippen LogP contribution in [-0.2, 0) is 20.3 Å². The molecule has 0 saturated heterocycles. The maximum Gasteiger partial charge on any atom is 0.311 e. The molecule has 0 aliphatic heterocycles. The van der Waals surface area contributed by atoms with Crippen LogP contribution >= 0.6 is 0 Å². The van der Waals surface area contributed by atoms with E-state index >= 15 is 0 Å². The van der Waals surface area contributed by atoms with Crippen LogP contribution in [0.2, 0.25) is 0 Å². The molecule has 3 aromatic rings. The van der Waals surface area contributed by atoms with Gasteiger partial charge in [0.1, 0.15) is 5.69 Å². The van der Waals surface area contributed by atoms with E-state index in [1.165, 1.54) is 16.8 Å². The van der Waals surface area contributed by atoms with Crippen molar-refractivity contribution in [3.8, 4) is 5.75 Å². The first-order valence-electron chi connectivity index (χ1n) is 8.11. The second kappa shape index (κ2) is 7.68. The predicted octanol–water partition coefficient (Wildman–Crippen LogP) is 1.80. The normalized spacial score (nSPS) is 10.6. The van der Waals surface area contributed by atoms with Crippen molar-refractivity contribution in [2.45, 2.75) is 20.2 Å². The summed E-state index contributed by atoms with van der Waals surface area (Å²) in [6.07, 6.45) is 3.27. The predicted molar refractivity (Wildman–Crippen MR) is 95.1 cm³/mol. The van der Waals surface area contributed by atoms with E-state index in [-0.39, 0.29) is 29.8 Å². The van der Waals surface area contributed by atoms with E-state index in [0.717, 1.165) is 11.3 Å². The fraction of sp³-hybridized carbons (Fsp3) is 0.235. The highest BCUT2D eigenvalue weighted by atomic mass is 16.6. The molecule has 0 fully saturated rings. The molecule has 0 unspecified atom stereocenters. The monoisotopic (exact) mass is 370 g/mol. The standard InChI is InChI=1S/C17H18N6O4/c1-12-13(10-19-21(12)2)9-18-17(24)14-7-8-22(20-14)11-27-16-6-4-3-5-15(16)23(25)26/h3-8,10H,9,11H2,1-2H3,(H,18,24). The largest absolute Gasteiger partial charge is 0.464 e. The highest BCUT2D eigenvalue weighted by Crippen LogP contribution is 2.25. The number of aryl methyl sites for hydroxylation is 1. The molecule has 0 aliphatic rings. The molecular weight excluding hydrogens is 352 g/mol. The van der Waals surface area contributed by atoms with Crippen LogP contribution in [-0.4, -0.2) is 30.4 Å². The lowest BCUT2D eigenvalue weighted by atomic mass is 10.2. The molecule has 0 atom stereocenters. The third-order valence-electron chi connectivity index (χ3n) is 4.06. The van der Waals surface area contributed by atoms with Crippen molar-refractivity contribution in [1.29, 1.82) is 0 Å². The van der Waals surface area contributed by atoms with Gasteiger partial charge in [-0.2, -0.15) is 10.2 Å². The van der Waals surface area contributed by atoms with Crippen LogP contribution in [0.5, 0.6) is 5.75 Å². The summed E-state index contributed by atoms with van der Waals surface area (Å²) in [5.41, 5.74) is 1.99. The molecule has 27 heavy (non-hydrogen) atoms. The maximum atomic E-state index is 12.2. The number of benzene rings is 1. The lowest BCUT2D eigenvalue weighted by molar-refractivity contribution is -0.386. The van der Waals surface area contributed by atoms with Crippen molar-refractivity contribution >= 4 is 11.6 Å². The van der Waals surface area contributed by atoms with Crippen molar-refractivity contribution < 1.29 is 14.5 Å². The molecule has 3 rings (SSSR count). The summed E-state index contributed by atoms with van der Waals surface area (Å²) in [6.45, 7) is 2.21. The van der Waals surface area contributed by atoms with Gasteiger partial charge in [0.15, 0.2) is 12.5 Å². The Morgan fingerprint density at radius 3 is 2.81 bits per heavy atom. The Bertz CT molecular complexity index is 977. The molecule has 1 amide bonds. The number of hydrogen-bond donors (Lipinski definition) is 1. The molecule has 10 nitrogen and oxygen atoms in total. The molecule has 1 N–H and O–H groups in total. The molecule has 10 heteroatoms. The van der Waals surface area contributed by atoms with E-state index in [1.807, 2.05) is 14.0 Å². The van der Waals surface area contributed by atoms with Crippen molar-refractivity contribution in [3.05, 3.63) is 69.8 Å². The summed E-state index contributed by atoms with van der Waals surface area (Å²) < 4.78 is 8.56. The Kier molecular flexibility index (Phi) is 5.15. The third-order valence-corrected chi connectivity index (χ3v) is 4.06. The molecule has 0 saturated carbocycles. The van der Waals surface area contributed by atoms with Gasteiger partial charge in [0, 0.05) is 37.1 Å². The third kappa shape index (κ3) is 4.11. The number of nitro benzene ring substituents is 1. The lowest BCUT2D eigenvalue weighted by Crippen LogP contribution is -2.24. The zero-order chi connectivity index (χ0) is 19.4. The van der Waals surface area contributed by atoms with Gasteiger partial charge in [0.2, 0.25) is 0 Å². The van der Waals surface area contributed by atoms with Gasteiger partial charge in [-0.3, -0.25) is 19.6 Å². The highest BCUT2D eigenvalue weighted by Gasteiger charge is 2.15. The van der Waals surface area contributed by atoms with E-state index in [2.05, 4.69) is 15.5 Å². The van der Waals surface area contributed by atoms with Gasteiger partial charge >= 0.3 is 5.69 Å². The number of hydrogen-bond acceptors (Lipinski definition) is 6. The minimum atomic E-state index is -0.516. The van der Waals surface area contributed by atoms with Crippen LogP contribution in [0.15, 0.2) is 42.7 Å². The Morgan fingerprint density at radius 2 is 2.11 bits per heavy atom. The van der Waals surface area contributed by atoms with E-state index in [4.69, 9.17) is 4.74 Å². The number of carbonyl (C=O) groups is 1. The molecule has 0 aliphatic carbocycles. The highest BCUT2D eigenvalue weighted by molar-refractivity contribution is 5.92. The topological polar surface area (TPSA) is 117 Å².